The van der Waals surface area contributed by atoms with E-state index in [1.54, 1.807) is 0 Å². The van der Waals surface area contributed by atoms with Crippen molar-refractivity contribution in [3.05, 3.63) is 21.4 Å². The largest absolute Gasteiger partial charge is 0.351 e. The third kappa shape index (κ3) is 1.48. The molecular weight excluding hydrogens is 255 g/mol. The fourth-order valence-corrected chi connectivity index (χ4v) is 2.12. The van der Waals surface area contributed by atoms with Crippen molar-refractivity contribution in [2.45, 2.75) is 13.0 Å². The highest BCUT2D eigenvalue weighted by molar-refractivity contribution is 9.10. The summed E-state index contributed by atoms with van der Waals surface area (Å²) in [4.78, 5) is 11.5. The Bertz CT molecular complexity index is 361. The SMILES string of the molecule is O=C1NCCCn2cc(Br)c(Cl)c21. The van der Waals surface area contributed by atoms with Gasteiger partial charge in [-0.15, -0.1) is 0 Å². The molecule has 70 valence electrons. The summed E-state index contributed by atoms with van der Waals surface area (Å²) in [5.74, 6) is -0.0896. The molecule has 5 heteroatoms. The summed E-state index contributed by atoms with van der Waals surface area (Å²) < 4.78 is 2.66. The van der Waals surface area contributed by atoms with Crippen molar-refractivity contribution in [3.8, 4) is 0 Å². The number of nitrogens with one attached hydrogen (secondary N) is 1. The molecule has 0 aliphatic carbocycles. The molecule has 0 unspecified atom stereocenters. The van der Waals surface area contributed by atoms with Crippen LogP contribution in [0.5, 0.6) is 0 Å². The Hall–Kier alpha value is -0.480. The number of amides is 1. The second-order valence-corrected chi connectivity index (χ2v) is 4.17. The quantitative estimate of drug-likeness (QED) is 0.763. The van der Waals surface area contributed by atoms with Gasteiger partial charge in [0.1, 0.15) is 5.69 Å². The molecule has 2 heterocycles. The van der Waals surface area contributed by atoms with Gasteiger partial charge in [-0.3, -0.25) is 4.79 Å². The van der Waals surface area contributed by atoms with E-state index in [1.807, 2.05) is 10.8 Å². The molecule has 1 N–H and O–H groups in total. The number of hydrogen-bond donors (Lipinski definition) is 1. The number of nitrogens with zero attached hydrogens (tertiary/aromatic N) is 1. The summed E-state index contributed by atoms with van der Waals surface area (Å²) in [5, 5.41) is 3.29. The topological polar surface area (TPSA) is 34.0 Å². The van der Waals surface area contributed by atoms with Gasteiger partial charge in [0.25, 0.3) is 5.91 Å². The average molecular weight is 264 g/mol. The molecule has 3 nitrogen and oxygen atoms in total. The van der Waals surface area contributed by atoms with Crippen molar-refractivity contribution >= 4 is 33.4 Å². The Morgan fingerprint density at radius 3 is 3.15 bits per heavy atom. The van der Waals surface area contributed by atoms with Crippen molar-refractivity contribution in [2.75, 3.05) is 6.54 Å². The van der Waals surface area contributed by atoms with E-state index in [4.69, 9.17) is 11.6 Å². The lowest BCUT2D eigenvalue weighted by Crippen LogP contribution is -2.23. The lowest BCUT2D eigenvalue weighted by atomic mass is 10.4. The molecule has 1 amide bonds. The van der Waals surface area contributed by atoms with Crippen LogP contribution in [-0.2, 0) is 6.54 Å². The maximum absolute atomic E-state index is 11.5. The predicted molar refractivity (Wildman–Crippen MR) is 54.1 cm³/mol. The van der Waals surface area contributed by atoms with E-state index in [9.17, 15) is 4.79 Å². The molecule has 0 aromatic carbocycles. The maximum Gasteiger partial charge on any atom is 0.269 e. The number of carbonyl (C=O) groups excluding carboxylic acids is 1. The Kier molecular flexibility index (Phi) is 2.34. The van der Waals surface area contributed by atoms with Crippen molar-refractivity contribution < 1.29 is 4.79 Å². The molecule has 2 rings (SSSR count). The monoisotopic (exact) mass is 262 g/mol. The highest BCUT2D eigenvalue weighted by atomic mass is 79.9. The molecule has 0 bridgehead atoms. The van der Waals surface area contributed by atoms with Crippen LogP contribution in [-0.4, -0.2) is 17.0 Å². The summed E-state index contributed by atoms with van der Waals surface area (Å²) in [6, 6.07) is 0. The van der Waals surface area contributed by atoms with E-state index in [-0.39, 0.29) is 5.91 Å². The molecule has 0 saturated carbocycles. The first kappa shape index (κ1) is 9.09. The van der Waals surface area contributed by atoms with Crippen LogP contribution >= 0.6 is 27.5 Å². The highest BCUT2D eigenvalue weighted by Crippen LogP contribution is 2.29. The highest BCUT2D eigenvalue weighted by Gasteiger charge is 2.20. The third-order valence-corrected chi connectivity index (χ3v) is 3.26. The number of aryl methyl sites for hydroxylation is 1. The van der Waals surface area contributed by atoms with Crippen molar-refractivity contribution in [3.63, 3.8) is 0 Å². The summed E-state index contributed by atoms with van der Waals surface area (Å²) in [6.45, 7) is 1.55. The molecule has 0 fully saturated rings. The minimum Gasteiger partial charge on any atom is -0.351 e. The minimum absolute atomic E-state index is 0.0896. The van der Waals surface area contributed by atoms with Gasteiger partial charge in [-0.2, -0.15) is 0 Å². The zero-order chi connectivity index (χ0) is 9.42. The van der Waals surface area contributed by atoms with Gasteiger partial charge >= 0.3 is 0 Å². The van der Waals surface area contributed by atoms with Crippen LogP contribution in [0.1, 0.15) is 16.9 Å². The van der Waals surface area contributed by atoms with Crippen LogP contribution in [0.25, 0.3) is 0 Å². The molecule has 13 heavy (non-hydrogen) atoms. The number of hydrogen-bond acceptors (Lipinski definition) is 1. The first-order valence-electron chi connectivity index (χ1n) is 4.02. The molecule has 1 aromatic heterocycles. The van der Waals surface area contributed by atoms with Gasteiger partial charge < -0.3 is 9.88 Å². The molecule has 0 saturated heterocycles. The van der Waals surface area contributed by atoms with Crippen LogP contribution in [0.3, 0.4) is 0 Å². The van der Waals surface area contributed by atoms with Crippen LogP contribution < -0.4 is 5.32 Å². The van der Waals surface area contributed by atoms with Crippen molar-refractivity contribution in [1.82, 2.24) is 9.88 Å². The van der Waals surface area contributed by atoms with Gasteiger partial charge in [0.05, 0.1) is 9.50 Å². The molecule has 0 radical (unpaired) electrons. The fraction of sp³-hybridized carbons (Fsp3) is 0.375. The van der Waals surface area contributed by atoms with Gasteiger partial charge in [-0.05, 0) is 22.4 Å². The lowest BCUT2D eigenvalue weighted by molar-refractivity contribution is 0.0951. The third-order valence-electron chi connectivity index (χ3n) is 2.05. The number of carbonyl (C=O) groups is 1. The molecular formula is C8H8BrClN2O. The van der Waals surface area contributed by atoms with Crippen molar-refractivity contribution in [2.24, 2.45) is 0 Å². The first-order chi connectivity index (χ1) is 6.20. The molecule has 1 aliphatic heterocycles. The number of aromatic nitrogens is 1. The predicted octanol–water partition coefficient (Wildman–Crippen LogP) is 2.04. The van der Waals surface area contributed by atoms with E-state index >= 15 is 0 Å². The Morgan fingerprint density at radius 1 is 1.62 bits per heavy atom. The standard InChI is InChI=1S/C8H8BrClN2O/c9-5-4-12-3-1-2-11-8(13)7(12)6(5)10/h4H,1-3H2,(H,11,13). The van der Waals surface area contributed by atoms with E-state index in [2.05, 4.69) is 21.2 Å². The van der Waals surface area contributed by atoms with Crippen LogP contribution in [0, 0.1) is 0 Å². The zero-order valence-corrected chi connectivity index (χ0v) is 9.15. The van der Waals surface area contributed by atoms with Crippen LogP contribution in [0.4, 0.5) is 0 Å². The normalized spacial score (nSPS) is 16.3. The Morgan fingerprint density at radius 2 is 2.38 bits per heavy atom. The zero-order valence-electron chi connectivity index (χ0n) is 6.81. The lowest BCUT2D eigenvalue weighted by Gasteiger charge is -2.01. The van der Waals surface area contributed by atoms with E-state index in [0.29, 0.717) is 17.3 Å². The summed E-state index contributed by atoms with van der Waals surface area (Å²) >= 11 is 9.26. The van der Waals surface area contributed by atoms with E-state index in [0.717, 1.165) is 17.4 Å². The molecule has 1 aliphatic rings. The number of rotatable bonds is 0. The van der Waals surface area contributed by atoms with Crippen LogP contribution in [0.15, 0.2) is 10.7 Å². The number of halogens is 2. The van der Waals surface area contributed by atoms with Gasteiger partial charge in [0, 0.05) is 19.3 Å². The second-order valence-electron chi connectivity index (χ2n) is 2.94. The van der Waals surface area contributed by atoms with Gasteiger partial charge in [0.15, 0.2) is 0 Å². The summed E-state index contributed by atoms with van der Waals surface area (Å²) in [5.41, 5.74) is 0.561. The Labute approximate surface area is 89.2 Å². The smallest absolute Gasteiger partial charge is 0.269 e. The fourth-order valence-electron chi connectivity index (χ4n) is 1.44. The molecule has 0 atom stereocenters. The Balaban J connectivity index is 2.54. The summed E-state index contributed by atoms with van der Waals surface area (Å²) in [6.07, 6.45) is 2.79. The minimum atomic E-state index is -0.0896. The van der Waals surface area contributed by atoms with E-state index in [1.165, 1.54) is 0 Å². The number of fused-ring (bicyclic) bond motifs is 1. The van der Waals surface area contributed by atoms with E-state index < -0.39 is 0 Å². The van der Waals surface area contributed by atoms with Gasteiger partial charge in [-0.25, -0.2) is 0 Å². The average Bonchev–Trinajstić information content (AvgIpc) is 2.29. The van der Waals surface area contributed by atoms with Crippen LogP contribution in [0.2, 0.25) is 5.02 Å². The van der Waals surface area contributed by atoms with Gasteiger partial charge in [-0.1, -0.05) is 11.6 Å². The van der Waals surface area contributed by atoms with Gasteiger partial charge in [0.2, 0.25) is 0 Å². The molecule has 0 spiro atoms. The molecule has 1 aromatic rings. The summed E-state index contributed by atoms with van der Waals surface area (Å²) in [7, 11) is 0. The first-order valence-corrected chi connectivity index (χ1v) is 5.19. The second kappa shape index (κ2) is 3.35. The van der Waals surface area contributed by atoms with Crippen molar-refractivity contribution in [1.29, 1.82) is 0 Å². The maximum atomic E-state index is 11.5.